The number of nitrogens with zero attached hydrogens (tertiary/aromatic N) is 3. The van der Waals surface area contributed by atoms with E-state index in [1.54, 1.807) is 18.9 Å². The minimum atomic E-state index is 0.414. The summed E-state index contributed by atoms with van der Waals surface area (Å²) < 4.78 is 6.89. The Morgan fingerprint density at radius 2 is 1.89 bits per heavy atom. The maximum absolute atomic E-state index is 8.50. The molecular weight excluding hydrogens is 298 g/mol. The summed E-state index contributed by atoms with van der Waals surface area (Å²) in [5.41, 5.74) is 1.22. The molecule has 0 aliphatic carbocycles. The quantitative estimate of drug-likeness (QED) is 0.762. The van der Waals surface area contributed by atoms with E-state index in [0.717, 1.165) is 20.2 Å². The van der Waals surface area contributed by atoms with E-state index in [0.29, 0.717) is 5.75 Å². The summed E-state index contributed by atoms with van der Waals surface area (Å²) >= 11 is 4.60. The van der Waals surface area contributed by atoms with E-state index in [1.807, 2.05) is 24.3 Å². The summed E-state index contributed by atoms with van der Waals surface area (Å²) in [6.07, 6.45) is 0. The van der Waals surface area contributed by atoms with E-state index in [4.69, 9.17) is 10.00 Å². The molecule has 4 nitrogen and oxygen atoms in total. The maximum Gasteiger partial charge on any atom is 0.176 e. The molecule has 98 valence electrons. The van der Waals surface area contributed by atoms with Crippen LogP contribution in [0.15, 0.2) is 32.9 Å². The molecule has 1 aromatic heterocycles. The first-order chi connectivity index (χ1) is 9.31. The molecule has 0 atom stereocenters. The number of methoxy groups -OCH3 is 1. The van der Waals surface area contributed by atoms with Crippen molar-refractivity contribution < 1.29 is 4.74 Å². The van der Waals surface area contributed by atoms with Crippen LogP contribution in [0.25, 0.3) is 0 Å². The first-order valence-electron chi connectivity index (χ1n) is 5.41. The number of benzene rings is 1. The van der Waals surface area contributed by atoms with Crippen molar-refractivity contribution in [2.45, 2.75) is 14.4 Å². The van der Waals surface area contributed by atoms with Crippen molar-refractivity contribution in [3.05, 3.63) is 29.8 Å². The van der Waals surface area contributed by atoms with Gasteiger partial charge in [-0.3, -0.25) is 0 Å². The smallest absolute Gasteiger partial charge is 0.176 e. The fourth-order valence-corrected chi connectivity index (χ4v) is 3.91. The lowest BCUT2D eigenvalue weighted by Crippen LogP contribution is -1.84. The predicted octanol–water partition coefficient (Wildman–Crippen LogP) is 3.45. The van der Waals surface area contributed by atoms with Gasteiger partial charge in [-0.15, -0.1) is 10.2 Å². The number of ether oxygens (including phenoxy) is 1. The van der Waals surface area contributed by atoms with Gasteiger partial charge in [-0.05, 0) is 17.7 Å². The summed E-state index contributed by atoms with van der Waals surface area (Å²) in [4.78, 5) is 0. The van der Waals surface area contributed by atoms with Gasteiger partial charge >= 0.3 is 0 Å². The predicted molar refractivity (Wildman–Crippen MR) is 78.8 cm³/mol. The first-order valence-corrected chi connectivity index (χ1v) is 8.19. The first kappa shape index (κ1) is 14.2. The molecule has 0 bridgehead atoms. The third-order valence-corrected chi connectivity index (χ3v) is 5.30. The van der Waals surface area contributed by atoms with E-state index in [9.17, 15) is 0 Å². The number of thioether (sulfide) groups is 2. The van der Waals surface area contributed by atoms with E-state index >= 15 is 0 Å². The second kappa shape index (κ2) is 7.38. The molecule has 2 rings (SSSR count). The Kier molecular flexibility index (Phi) is 5.51. The highest BCUT2D eigenvalue weighted by molar-refractivity contribution is 8.03. The molecule has 0 radical (unpaired) electrons. The minimum Gasteiger partial charge on any atom is -0.497 e. The van der Waals surface area contributed by atoms with Gasteiger partial charge in [-0.25, -0.2) is 0 Å². The lowest BCUT2D eigenvalue weighted by Gasteiger charge is -2.01. The summed E-state index contributed by atoms with van der Waals surface area (Å²) in [7, 11) is 1.66. The van der Waals surface area contributed by atoms with Crippen molar-refractivity contribution in [3.63, 3.8) is 0 Å². The molecule has 0 aliphatic heterocycles. The highest BCUT2D eigenvalue weighted by Gasteiger charge is 2.05. The normalized spacial score (nSPS) is 10.1. The van der Waals surface area contributed by atoms with E-state index in [2.05, 4.69) is 16.3 Å². The van der Waals surface area contributed by atoms with Crippen LogP contribution < -0.4 is 4.74 Å². The molecule has 0 unspecified atom stereocenters. The number of rotatable bonds is 6. The molecule has 19 heavy (non-hydrogen) atoms. The molecule has 0 N–H and O–H groups in total. The third-order valence-electron chi connectivity index (χ3n) is 2.17. The molecular formula is C12H11N3OS3. The largest absolute Gasteiger partial charge is 0.497 e. The summed E-state index contributed by atoms with van der Waals surface area (Å²) in [6, 6.07) is 10.1. The van der Waals surface area contributed by atoms with Crippen LogP contribution in [0.1, 0.15) is 5.56 Å². The monoisotopic (exact) mass is 309 g/mol. The number of nitriles is 1. The van der Waals surface area contributed by atoms with Gasteiger partial charge < -0.3 is 4.74 Å². The van der Waals surface area contributed by atoms with Crippen LogP contribution in [0.5, 0.6) is 5.75 Å². The Morgan fingerprint density at radius 3 is 2.53 bits per heavy atom. The average Bonchev–Trinajstić information content (AvgIpc) is 2.91. The Balaban J connectivity index is 1.87. The minimum absolute atomic E-state index is 0.414. The highest BCUT2D eigenvalue weighted by Crippen LogP contribution is 2.30. The molecule has 1 aromatic carbocycles. The average molecular weight is 309 g/mol. The van der Waals surface area contributed by atoms with E-state index in [1.165, 1.54) is 28.7 Å². The summed E-state index contributed by atoms with van der Waals surface area (Å²) in [6.45, 7) is 0. The Bertz CT molecular complexity index is 562. The number of aromatic nitrogens is 2. The van der Waals surface area contributed by atoms with Crippen LogP contribution in [0.4, 0.5) is 0 Å². The third kappa shape index (κ3) is 4.42. The van der Waals surface area contributed by atoms with Gasteiger partial charge in [-0.1, -0.05) is 47.0 Å². The lowest BCUT2D eigenvalue weighted by atomic mass is 10.2. The van der Waals surface area contributed by atoms with Gasteiger partial charge in [-0.2, -0.15) is 5.26 Å². The fourth-order valence-electron chi connectivity index (χ4n) is 1.27. The molecule has 0 amide bonds. The Morgan fingerprint density at radius 1 is 1.21 bits per heavy atom. The Labute approximate surface area is 124 Å². The van der Waals surface area contributed by atoms with Crippen LogP contribution in [0.2, 0.25) is 0 Å². The second-order valence-corrected chi connectivity index (χ2v) is 6.84. The van der Waals surface area contributed by atoms with Crippen molar-refractivity contribution in [3.8, 4) is 11.8 Å². The second-order valence-electron chi connectivity index (χ2n) is 3.42. The zero-order valence-electron chi connectivity index (χ0n) is 10.2. The highest BCUT2D eigenvalue weighted by atomic mass is 32.2. The van der Waals surface area contributed by atoms with Crippen molar-refractivity contribution in [1.82, 2.24) is 10.2 Å². The topological polar surface area (TPSA) is 58.8 Å². The number of hydrogen-bond acceptors (Lipinski definition) is 7. The standard InChI is InChI=1S/C12H11N3OS3/c1-16-10-4-2-9(3-5-10)8-18-12-15-14-11(19-12)17-7-6-13/h2-5H,7-8H2,1H3. The van der Waals surface area contributed by atoms with Crippen molar-refractivity contribution >= 4 is 34.9 Å². The van der Waals surface area contributed by atoms with Gasteiger partial charge in [0, 0.05) is 5.75 Å². The fraction of sp³-hybridized carbons (Fsp3) is 0.250. The van der Waals surface area contributed by atoms with Gasteiger partial charge in [0.15, 0.2) is 8.68 Å². The van der Waals surface area contributed by atoms with Gasteiger partial charge in [0.05, 0.1) is 18.9 Å². The van der Waals surface area contributed by atoms with Crippen LogP contribution >= 0.6 is 34.9 Å². The Hall–Kier alpha value is -1.23. The zero-order valence-corrected chi connectivity index (χ0v) is 12.6. The maximum atomic E-state index is 8.50. The van der Waals surface area contributed by atoms with Crippen molar-refractivity contribution in [2.24, 2.45) is 0 Å². The van der Waals surface area contributed by atoms with Crippen LogP contribution in [-0.4, -0.2) is 23.1 Å². The molecule has 7 heteroatoms. The molecule has 0 fully saturated rings. The van der Waals surface area contributed by atoms with E-state index in [-0.39, 0.29) is 0 Å². The van der Waals surface area contributed by atoms with Gasteiger partial charge in [0.25, 0.3) is 0 Å². The summed E-state index contributed by atoms with van der Waals surface area (Å²) in [5, 5.41) is 16.6. The molecule has 0 saturated carbocycles. The van der Waals surface area contributed by atoms with Crippen molar-refractivity contribution in [2.75, 3.05) is 12.9 Å². The molecule has 2 aromatic rings. The summed E-state index contributed by atoms with van der Waals surface area (Å²) in [5.74, 6) is 2.12. The molecule has 1 heterocycles. The SMILES string of the molecule is COc1ccc(CSc2nnc(SCC#N)s2)cc1. The molecule has 0 aliphatic rings. The lowest BCUT2D eigenvalue weighted by molar-refractivity contribution is 0.414. The van der Waals surface area contributed by atoms with Gasteiger partial charge in [0.2, 0.25) is 0 Å². The van der Waals surface area contributed by atoms with Crippen molar-refractivity contribution in [1.29, 1.82) is 5.26 Å². The number of hydrogen-bond donors (Lipinski definition) is 0. The van der Waals surface area contributed by atoms with Crippen LogP contribution in [0.3, 0.4) is 0 Å². The van der Waals surface area contributed by atoms with E-state index < -0.39 is 0 Å². The molecule has 0 saturated heterocycles. The van der Waals surface area contributed by atoms with Gasteiger partial charge in [0.1, 0.15) is 5.75 Å². The van der Waals surface area contributed by atoms with Crippen LogP contribution in [0, 0.1) is 11.3 Å². The van der Waals surface area contributed by atoms with Crippen LogP contribution in [-0.2, 0) is 5.75 Å². The molecule has 0 spiro atoms. The zero-order chi connectivity index (χ0) is 13.5.